The van der Waals surface area contributed by atoms with Crippen LogP contribution in [-0.4, -0.2) is 61.0 Å². The maximum Gasteiger partial charge on any atom is 0.272 e. The zero-order valence-corrected chi connectivity index (χ0v) is 21.0. The Hall–Kier alpha value is -3.97. The van der Waals surface area contributed by atoms with Crippen molar-refractivity contribution in [3.05, 3.63) is 89.6 Å². The van der Waals surface area contributed by atoms with Crippen LogP contribution in [-0.2, 0) is 0 Å². The molecule has 0 unspecified atom stereocenters. The van der Waals surface area contributed by atoms with Gasteiger partial charge in [-0.1, -0.05) is 29.8 Å². The van der Waals surface area contributed by atoms with Gasteiger partial charge in [0.05, 0.1) is 25.6 Å². The van der Waals surface area contributed by atoms with Crippen molar-refractivity contribution in [1.29, 1.82) is 0 Å². The zero-order chi connectivity index (χ0) is 25.1. The van der Waals surface area contributed by atoms with Crippen LogP contribution in [0.4, 0.5) is 5.69 Å². The fourth-order valence-corrected chi connectivity index (χ4v) is 4.57. The molecule has 1 saturated heterocycles. The quantitative estimate of drug-likeness (QED) is 0.364. The van der Waals surface area contributed by atoms with E-state index < -0.39 is 0 Å². The first-order chi connectivity index (χ1) is 17.6. The van der Waals surface area contributed by atoms with Crippen molar-refractivity contribution >= 4 is 23.2 Å². The number of hydrogen-bond donors (Lipinski definition) is 0. The molecule has 1 aliphatic heterocycles. The minimum absolute atomic E-state index is 0.0639. The molecule has 0 atom stereocenters. The van der Waals surface area contributed by atoms with Crippen LogP contribution < -0.4 is 14.4 Å². The Morgan fingerprint density at radius 1 is 0.806 bits per heavy atom. The summed E-state index contributed by atoms with van der Waals surface area (Å²) in [5, 5.41) is 5.38. The number of rotatable bonds is 6. The first kappa shape index (κ1) is 23.8. The Morgan fingerprint density at radius 2 is 1.53 bits per heavy atom. The third-order valence-electron chi connectivity index (χ3n) is 6.35. The van der Waals surface area contributed by atoms with Crippen LogP contribution in [0, 0.1) is 0 Å². The van der Waals surface area contributed by atoms with E-state index in [1.165, 1.54) is 0 Å². The molecule has 0 saturated carbocycles. The molecule has 2 heterocycles. The highest BCUT2D eigenvalue weighted by molar-refractivity contribution is 6.30. The van der Waals surface area contributed by atoms with Gasteiger partial charge in [-0.25, -0.2) is 4.68 Å². The number of methoxy groups -OCH3 is 2. The maximum absolute atomic E-state index is 13.7. The second-order valence-electron chi connectivity index (χ2n) is 8.52. The SMILES string of the molecule is COc1ccc(N2CCN(C(=O)c3cc(-c4cccc(OC)c4)nn3-c3cccc(Cl)c3)CC2)cc1. The van der Waals surface area contributed by atoms with Gasteiger partial charge >= 0.3 is 0 Å². The number of halogens is 1. The van der Waals surface area contributed by atoms with E-state index >= 15 is 0 Å². The lowest BCUT2D eigenvalue weighted by atomic mass is 10.1. The molecule has 5 rings (SSSR count). The number of aromatic nitrogens is 2. The third kappa shape index (κ3) is 4.88. The predicted octanol–water partition coefficient (Wildman–Crippen LogP) is 5.17. The fraction of sp³-hybridized carbons (Fsp3) is 0.214. The fourth-order valence-electron chi connectivity index (χ4n) is 4.38. The van der Waals surface area contributed by atoms with Crippen molar-refractivity contribution in [2.75, 3.05) is 45.3 Å². The van der Waals surface area contributed by atoms with Crippen LogP contribution in [0.2, 0.25) is 5.02 Å². The van der Waals surface area contributed by atoms with E-state index in [9.17, 15) is 4.79 Å². The van der Waals surface area contributed by atoms with E-state index in [0.717, 1.165) is 41.5 Å². The summed E-state index contributed by atoms with van der Waals surface area (Å²) >= 11 is 6.27. The predicted molar refractivity (Wildman–Crippen MR) is 142 cm³/mol. The molecule has 4 aromatic rings. The molecule has 3 aromatic carbocycles. The maximum atomic E-state index is 13.7. The summed E-state index contributed by atoms with van der Waals surface area (Å²) in [6.07, 6.45) is 0. The molecule has 0 spiro atoms. The minimum Gasteiger partial charge on any atom is -0.497 e. The van der Waals surface area contributed by atoms with Gasteiger partial charge < -0.3 is 19.3 Å². The van der Waals surface area contributed by atoms with Gasteiger partial charge in [0.1, 0.15) is 17.2 Å². The number of piperazine rings is 1. The monoisotopic (exact) mass is 502 g/mol. The van der Waals surface area contributed by atoms with Crippen LogP contribution in [0.25, 0.3) is 16.9 Å². The number of amides is 1. The molecule has 0 bridgehead atoms. The molecule has 8 heteroatoms. The summed E-state index contributed by atoms with van der Waals surface area (Å²) in [4.78, 5) is 17.9. The number of ether oxygens (including phenoxy) is 2. The van der Waals surface area contributed by atoms with Gasteiger partial charge in [-0.15, -0.1) is 0 Å². The first-order valence-corrected chi connectivity index (χ1v) is 12.1. The largest absolute Gasteiger partial charge is 0.497 e. The Labute approximate surface area is 215 Å². The van der Waals surface area contributed by atoms with Gasteiger partial charge in [0, 0.05) is 42.5 Å². The summed E-state index contributed by atoms with van der Waals surface area (Å²) in [5.41, 5.74) is 3.90. The average molecular weight is 503 g/mol. The van der Waals surface area contributed by atoms with Gasteiger partial charge in [0.15, 0.2) is 0 Å². The van der Waals surface area contributed by atoms with Crippen LogP contribution in [0.1, 0.15) is 10.5 Å². The summed E-state index contributed by atoms with van der Waals surface area (Å²) in [6, 6.07) is 24.9. The standard InChI is InChI=1S/C28H27ClN4O3/c1-35-24-11-9-22(10-12-24)31-13-15-32(16-14-31)28(34)27-19-26(20-5-3-8-25(17-20)36-2)30-33(27)23-7-4-6-21(29)18-23/h3-12,17-19H,13-16H2,1-2H3. The van der Waals surface area contributed by atoms with Crippen molar-refractivity contribution in [3.63, 3.8) is 0 Å². The van der Waals surface area contributed by atoms with Gasteiger partial charge in [0.25, 0.3) is 5.91 Å². The van der Waals surface area contributed by atoms with E-state index in [1.807, 2.05) is 77.7 Å². The molecule has 1 fully saturated rings. The van der Waals surface area contributed by atoms with Crippen LogP contribution in [0.5, 0.6) is 11.5 Å². The Bertz CT molecular complexity index is 1360. The van der Waals surface area contributed by atoms with Crippen LogP contribution >= 0.6 is 11.6 Å². The molecular formula is C28H27ClN4O3. The number of carbonyl (C=O) groups excluding carboxylic acids is 1. The van der Waals surface area contributed by atoms with Crippen molar-refractivity contribution in [1.82, 2.24) is 14.7 Å². The van der Waals surface area contributed by atoms with E-state index in [0.29, 0.717) is 29.5 Å². The highest BCUT2D eigenvalue weighted by Gasteiger charge is 2.26. The molecule has 0 aliphatic carbocycles. The Morgan fingerprint density at radius 3 is 2.22 bits per heavy atom. The Kier molecular flexibility index (Phi) is 6.82. The number of carbonyl (C=O) groups is 1. The number of anilines is 1. The molecule has 1 aromatic heterocycles. The minimum atomic E-state index is -0.0639. The summed E-state index contributed by atoms with van der Waals surface area (Å²) < 4.78 is 12.3. The highest BCUT2D eigenvalue weighted by Crippen LogP contribution is 2.27. The lowest BCUT2D eigenvalue weighted by Gasteiger charge is -2.36. The van der Waals surface area contributed by atoms with E-state index in [4.69, 9.17) is 26.2 Å². The smallest absolute Gasteiger partial charge is 0.272 e. The number of benzene rings is 3. The van der Waals surface area contributed by atoms with E-state index in [-0.39, 0.29) is 5.91 Å². The van der Waals surface area contributed by atoms with Crippen molar-refractivity contribution < 1.29 is 14.3 Å². The van der Waals surface area contributed by atoms with Crippen molar-refractivity contribution in [3.8, 4) is 28.4 Å². The summed E-state index contributed by atoms with van der Waals surface area (Å²) in [5.74, 6) is 1.49. The first-order valence-electron chi connectivity index (χ1n) is 11.7. The normalized spacial score (nSPS) is 13.5. The average Bonchev–Trinajstić information content (AvgIpc) is 3.38. The second kappa shape index (κ2) is 10.3. The summed E-state index contributed by atoms with van der Waals surface area (Å²) in [7, 11) is 3.29. The number of nitrogens with zero attached hydrogens (tertiary/aromatic N) is 4. The molecular weight excluding hydrogens is 476 g/mol. The molecule has 0 N–H and O–H groups in total. The van der Waals surface area contributed by atoms with E-state index in [1.54, 1.807) is 25.0 Å². The van der Waals surface area contributed by atoms with Crippen LogP contribution in [0.3, 0.4) is 0 Å². The molecule has 1 aliphatic rings. The molecule has 0 radical (unpaired) electrons. The molecule has 7 nitrogen and oxygen atoms in total. The zero-order valence-electron chi connectivity index (χ0n) is 20.2. The van der Waals surface area contributed by atoms with Crippen molar-refractivity contribution in [2.45, 2.75) is 0 Å². The Balaban J connectivity index is 1.42. The third-order valence-corrected chi connectivity index (χ3v) is 6.59. The lowest BCUT2D eigenvalue weighted by molar-refractivity contribution is 0.0737. The lowest BCUT2D eigenvalue weighted by Crippen LogP contribution is -2.49. The topological polar surface area (TPSA) is 59.8 Å². The molecule has 36 heavy (non-hydrogen) atoms. The van der Waals surface area contributed by atoms with Gasteiger partial charge in [-0.3, -0.25) is 4.79 Å². The second-order valence-corrected chi connectivity index (χ2v) is 8.95. The van der Waals surface area contributed by atoms with Gasteiger partial charge in [-0.05, 0) is 60.7 Å². The van der Waals surface area contributed by atoms with E-state index in [2.05, 4.69) is 4.90 Å². The molecule has 184 valence electrons. The number of hydrogen-bond acceptors (Lipinski definition) is 5. The molecule has 1 amide bonds. The summed E-state index contributed by atoms with van der Waals surface area (Å²) in [6.45, 7) is 2.71. The van der Waals surface area contributed by atoms with Gasteiger partial charge in [0.2, 0.25) is 0 Å². The van der Waals surface area contributed by atoms with Crippen LogP contribution in [0.15, 0.2) is 78.9 Å². The van der Waals surface area contributed by atoms with Crippen molar-refractivity contribution in [2.24, 2.45) is 0 Å². The van der Waals surface area contributed by atoms with Gasteiger partial charge in [-0.2, -0.15) is 5.10 Å². The highest BCUT2D eigenvalue weighted by atomic mass is 35.5.